The number of aromatic nitrogens is 1. The van der Waals surface area contributed by atoms with Crippen LogP contribution in [0, 0.1) is 0 Å². The van der Waals surface area contributed by atoms with Crippen molar-refractivity contribution in [2.24, 2.45) is 0 Å². The molecule has 96 valence electrons. The maximum Gasteiger partial charge on any atom is 0.124 e. The smallest absolute Gasteiger partial charge is 0.124 e. The second kappa shape index (κ2) is 4.84. The topological polar surface area (TPSA) is 38.9 Å². The largest absolute Gasteiger partial charge is 0.396 e. The summed E-state index contributed by atoms with van der Waals surface area (Å²) in [7, 11) is 0. The van der Waals surface area contributed by atoms with E-state index in [0.29, 0.717) is 20.8 Å². The molecular formula is C13H7Cl3N2S. The third-order valence-corrected chi connectivity index (χ3v) is 4.60. The van der Waals surface area contributed by atoms with Crippen molar-refractivity contribution in [2.45, 2.75) is 0 Å². The molecule has 0 aliphatic carbocycles. The predicted octanol–water partition coefficient (Wildman–Crippen LogP) is 5.51. The van der Waals surface area contributed by atoms with E-state index in [9.17, 15) is 0 Å². The van der Waals surface area contributed by atoms with Crippen LogP contribution >= 0.6 is 46.1 Å². The van der Waals surface area contributed by atoms with E-state index in [1.165, 1.54) is 11.3 Å². The molecule has 2 aromatic carbocycles. The second-order valence-electron chi connectivity index (χ2n) is 3.98. The van der Waals surface area contributed by atoms with Crippen molar-refractivity contribution in [2.75, 3.05) is 5.73 Å². The Hall–Kier alpha value is -1.000. The van der Waals surface area contributed by atoms with E-state index >= 15 is 0 Å². The summed E-state index contributed by atoms with van der Waals surface area (Å²) < 4.78 is 1.02. The van der Waals surface area contributed by atoms with E-state index in [0.717, 1.165) is 20.8 Å². The maximum absolute atomic E-state index is 6.04. The van der Waals surface area contributed by atoms with E-state index in [2.05, 4.69) is 4.98 Å². The molecule has 3 rings (SSSR count). The highest BCUT2D eigenvalue weighted by Gasteiger charge is 2.11. The molecule has 1 aromatic heterocycles. The van der Waals surface area contributed by atoms with E-state index in [-0.39, 0.29) is 0 Å². The maximum atomic E-state index is 6.04. The van der Waals surface area contributed by atoms with Crippen molar-refractivity contribution < 1.29 is 0 Å². The molecule has 1 heterocycles. The van der Waals surface area contributed by atoms with Crippen LogP contribution in [0.3, 0.4) is 0 Å². The number of nitrogen functional groups attached to an aromatic ring is 1. The summed E-state index contributed by atoms with van der Waals surface area (Å²) in [6.07, 6.45) is 0. The Bertz CT molecular complexity index is 760. The summed E-state index contributed by atoms with van der Waals surface area (Å²) in [5.41, 5.74) is 7.86. The summed E-state index contributed by atoms with van der Waals surface area (Å²) in [5.74, 6) is 0. The first kappa shape index (κ1) is 13.0. The third kappa shape index (κ3) is 2.39. The molecule has 0 aliphatic heterocycles. The van der Waals surface area contributed by atoms with Gasteiger partial charge in [0.05, 0.1) is 25.9 Å². The summed E-state index contributed by atoms with van der Waals surface area (Å²) in [5, 5.41) is 2.39. The zero-order valence-corrected chi connectivity index (χ0v) is 12.5. The number of halogens is 3. The van der Waals surface area contributed by atoms with Crippen molar-refractivity contribution in [1.29, 1.82) is 0 Å². The Morgan fingerprint density at radius 3 is 2.37 bits per heavy atom. The normalized spacial score (nSPS) is 11.1. The average molecular weight is 330 g/mol. The minimum absolute atomic E-state index is 0.385. The molecule has 2 N–H and O–H groups in total. The highest BCUT2D eigenvalue weighted by atomic mass is 35.5. The van der Waals surface area contributed by atoms with Crippen LogP contribution in [0.1, 0.15) is 0 Å². The Morgan fingerprint density at radius 2 is 1.68 bits per heavy atom. The third-order valence-electron chi connectivity index (χ3n) is 2.68. The predicted molar refractivity (Wildman–Crippen MR) is 84.5 cm³/mol. The molecule has 0 aliphatic rings. The van der Waals surface area contributed by atoms with Crippen LogP contribution in [0.5, 0.6) is 0 Å². The fourth-order valence-corrected chi connectivity index (χ4v) is 3.45. The summed E-state index contributed by atoms with van der Waals surface area (Å²) in [6.45, 7) is 0. The highest BCUT2D eigenvalue weighted by molar-refractivity contribution is 7.21. The fraction of sp³-hybridized carbons (Fsp3) is 0. The van der Waals surface area contributed by atoms with Gasteiger partial charge in [-0.15, -0.1) is 11.3 Å². The van der Waals surface area contributed by atoms with E-state index in [1.54, 1.807) is 12.1 Å². The van der Waals surface area contributed by atoms with E-state index in [4.69, 9.17) is 40.5 Å². The molecule has 0 amide bonds. The first-order valence-electron chi connectivity index (χ1n) is 5.35. The first-order valence-corrected chi connectivity index (χ1v) is 7.30. The Morgan fingerprint density at radius 1 is 1.00 bits per heavy atom. The van der Waals surface area contributed by atoms with Gasteiger partial charge in [-0.05, 0) is 30.3 Å². The number of thiazole rings is 1. The lowest BCUT2D eigenvalue weighted by atomic mass is 10.2. The number of nitrogens with zero attached hydrogens (tertiary/aromatic N) is 1. The van der Waals surface area contributed by atoms with Gasteiger partial charge in [-0.1, -0.05) is 34.8 Å². The first-order chi connectivity index (χ1) is 9.04. The number of fused-ring (bicyclic) bond motifs is 1. The van der Waals surface area contributed by atoms with Gasteiger partial charge >= 0.3 is 0 Å². The van der Waals surface area contributed by atoms with Gasteiger partial charge in [0.2, 0.25) is 0 Å². The minimum Gasteiger partial charge on any atom is -0.396 e. The molecule has 0 bridgehead atoms. The van der Waals surface area contributed by atoms with Crippen molar-refractivity contribution in [3.63, 3.8) is 0 Å². The minimum atomic E-state index is 0.385. The molecule has 19 heavy (non-hydrogen) atoms. The van der Waals surface area contributed by atoms with Crippen molar-refractivity contribution in [3.8, 4) is 10.6 Å². The van der Waals surface area contributed by atoms with Crippen LogP contribution in [0.4, 0.5) is 5.69 Å². The highest BCUT2D eigenvalue weighted by Crippen LogP contribution is 2.37. The Balaban J connectivity index is 2.19. The molecule has 0 saturated heterocycles. The zero-order chi connectivity index (χ0) is 13.6. The number of hydrogen-bond donors (Lipinski definition) is 1. The standard InChI is InChI=1S/C13H7Cl3N2S/c14-7-1-2-10-11(5-7)19-13(18-10)6-3-8(15)12(17)9(16)4-6/h1-5H,17H2. The lowest BCUT2D eigenvalue weighted by molar-refractivity contribution is 1.48. The monoisotopic (exact) mass is 328 g/mol. The van der Waals surface area contributed by atoms with Crippen LogP contribution in [0.2, 0.25) is 15.1 Å². The van der Waals surface area contributed by atoms with Gasteiger partial charge in [-0.3, -0.25) is 0 Å². The van der Waals surface area contributed by atoms with Crippen LogP contribution in [-0.2, 0) is 0 Å². The number of anilines is 1. The van der Waals surface area contributed by atoms with Gasteiger partial charge in [0.1, 0.15) is 5.01 Å². The number of rotatable bonds is 1. The average Bonchev–Trinajstić information content (AvgIpc) is 2.78. The lowest BCUT2D eigenvalue weighted by Gasteiger charge is -2.03. The molecule has 0 fully saturated rings. The van der Waals surface area contributed by atoms with Gasteiger partial charge in [0, 0.05) is 10.6 Å². The molecule has 6 heteroatoms. The summed E-state index contributed by atoms with van der Waals surface area (Å²) in [6, 6.07) is 9.12. The second-order valence-corrected chi connectivity index (χ2v) is 6.27. The quantitative estimate of drug-likeness (QED) is 0.598. The van der Waals surface area contributed by atoms with Crippen LogP contribution in [0.25, 0.3) is 20.8 Å². The van der Waals surface area contributed by atoms with E-state index < -0.39 is 0 Å². The Labute approximate surface area is 128 Å². The number of benzene rings is 2. The lowest BCUT2D eigenvalue weighted by Crippen LogP contribution is -1.88. The number of hydrogen-bond acceptors (Lipinski definition) is 3. The molecule has 0 unspecified atom stereocenters. The van der Waals surface area contributed by atoms with E-state index in [1.807, 2.05) is 18.2 Å². The van der Waals surface area contributed by atoms with Crippen molar-refractivity contribution in [1.82, 2.24) is 4.98 Å². The fourth-order valence-electron chi connectivity index (χ4n) is 1.73. The number of nitrogens with two attached hydrogens (primary N) is 1. The Kier molecular flexibility index (Phi) is 3.31. The molecule has 0 spiro atoms. The summed E-state index contributed by atoms with van der Waals surface area (Å²) in [4.78, 5) is 4.54. The van der Waals surface area contributed by atoms with Gasteiger partial charge in [-0.2, -0.15) is 0 Å². The van der Waals surface area contributed by atoms with Crippen molar-refractivity contribution in [3.05, 3.63) is 45.4 Å². The molecule has 0 radical (unpaired) electrons. The molecule has 3 aromatic rings. The van der Waals surface area contributed by atoms with Gasteiger partial charge in [0.15, 0.2) is 0 Å². The van der Waals surface area contributed by atoms with Crippen LogP contribution < -0.4 is 5.73 Å². The SMILES string of the molecule is Nc1c(Cl)cc(-c2nc3ccc(Cl)cc3s2)cc1Cl. The molecule has 0 atom stereocenters. The van der Waals surface area contributed by atoms with Gasteiger partial charge in [-0.25, -0.2) is 4.98 Å². The van der Waals surface area contributed by atoms with Crippen LogP contribution in [0.15, 0.2) is 30.3 Å². The van der Waals surface area contributed by atoms with Gasteiger partial charge < -0.3 is 5.73 Å². The zero-order valence-electron chi connectivity index (χ0n) is 9.45. The van der Waals surface area contributed by atoms with Crippen LogP contribution in [-0.4, -0.2) is 4.98 Å². The van der Waals surface area contributed by atoms with Crippen molar-refractivity contribution >= 4 is 62.0 Å². The molecule has 0 saturated carbocycles. The molecule has 2 nitrogen and oxygen atoms in total. The summed E-state index contributed by atoms with van der Waals surface area (Å²) >= 11 is 19.6. The van der Waals surface area contributed by atoms with Gasteiger partial charge in [0.25, 0.3) is 0 Å². The molecular weight excluding hydrogens is 323 g/mol.